The molecule has 0 saturated carbocycles. The van der Waals surface area contributed by atoms with Gasteiger partial charge in [-0.1, -0.05) is 11.8 Å². The highest BCUT2D eigenvalue weighted by Gasteiger charge is 2.00. The molecule has 0 aliphatic rings. The highest BCUT2D eigenvalue weighted by molar-refractivity contribution is 6.19. The van der Waals surface area contributed by atoms with Gasteiger partial charge in [-0.15, -0.1) is 6.58 Å². The average Bonchev–Trinajstić information content (AvgIpc) is 1.82. The molecule has 3 heteroatoms. The van der Waals surface area contributed by atoms with Gasteiger partial charge in [0.25, 0.3) is 0 Å². The number of carboxylic acids is 1. The lowest BCUT2D eigenvalue weighted by molar-refractivity contribution is -0.132. The van der Waals surface area contributed by atoms with E-state index in [-0.39, 0.29) is 0 Å². The second-order valence-corrected chi connectivity index (χ2v) is 2.19. The molecule has 0 aromatic carbocycles. The van der Waals surface area contributed by atoms with Gasteiger partial charge in [-0.3, -0.25) is 0 Å². The van der Waals surface area contributed by atoms with Crippen molar-refractivity contribution in [1.82, 2.24) is 0 Å². The molecule has 0 saturated heterocycles. The molecule has 0 aliphatic heterocycles. The third-order valence-electron chi connectivity index (χ3n) is 0.987. The normalized spacial score (nSPS) is 11.3. The molecule has 0 aromatic heterocycles. The molecule has 0 aliphatic carbocycles. The molecule has 0 atom stereocenters. The van der Waals surface area contributed by atoms with E-state index < -0.39 is 5.97 Å². The summed E-state index contributed by atoms with van der Waals surface area (Å²) in [6.45, 7) is 3.44. The molecule has 2 nitrogen and oxygen atoms in total. The fraction of sp³-hybridized carbons (Fsp3) is 0.167. The zero-order valence-corrected chi connectivity index (χ0v) is 7.42. The first-order valence-corrected chi connectivity index (χ1v) is 3.87. The van der Waals surface area contributed by atoms with Gasteiger partial charge in [0, 0.05) is 15.8 Å². The summed E-state index contributed by atoms with van der Waals surface area (Å²) in [6.07, 6.45) is 2.07. The van der Waals surface area contributed by atoms with E-state index in [1.54, 1.807) is 11.8 Å². The van der Waals surface area contributed by atoms with Gasteiger partial charge in [-0.25, -0.2) is 4.79 Å². The second-order valence-electron chi connectivity index (χ2n) is 1.61. The van der Waals surface area contributed by atoms with Crippen LogP contribution >= 0.6 is 0 Å². The minimum atomic E-state index is -0.829. The predicted molar refractivity (Wildman–Crippen MR) is 40.5 cm³/mol. The summed E-state index contributed by atoms with van der Waals surface area (Å²) >= 11 is 0. The first kappa shape index (κ1) is 8.17. The van der Waals surface area contributed by atoms with Gasteiger partial charge in [-0.05, 0) is 6.42 Å². The SMILES string of the molecule is C=CCC(=C[SiH3])C(=O)O. The van der Waals surface area contributed by atoms with Crippen molar-refractivity contribution in [2.24, 2.45) is 0 Å². The van der Waals surface area contributed by atoms with Crippen molar-refractivity contribution < 1.29 is 9.90 Å². The van der Waals surface area contributed by atoms with Crippen LogP contribution in [0.15, 0.2) is 23.9 Å². The van der Waals surface area contributed by atoms with Crippen LogP contribution in [-0.4, -0.2) is 21.3 Å². The fourth-order valence-corrected chi connectivity index (χ4v) is 0.967. The van der Waals surface area contributed by atoms with Gasteiger partial charge >= 0.3 is 5.97 Å². The van der Waals surface area contributed by atoms with Crippen LogP contribution in [-0.2, 0) is 4.79 Å². The van der Waals surface area contributed by atoms with Crippen molar-refractivity contribution in [3.63, 3.8) is 0 Å². The van der Waals surface area contributed by atoms with E-state index in [1.807, 2.05) is 0 Å². The Balaban J connectivity index is 4.00. The quantitative estimate of drug-likeness (QED) is 0.339. The number of hydrogen-bond donors (Lipinski definition) is 1. The van der Waals surface area contributed by atoms with E-state index in [2.05, 4.69) is 6.58 Å². The van der Waals surface area contributed by atoms with Crippen molar-refractivity contribution in [1.29, 1.82) is 0 Å². The number of hydrogen-bond acceptors (Lipinski definition) is 1. The van der Waals surface area contributed by atoms with E-state index >= 15 is 0 Å². The molecule has 1 N–H and O–H groups in total. The van der Waals surface area contributed by atoms with E-state index in [0.717, 1.165) is 10.2 Å². The van der Waals surface area contributed by atoms with Crippen LogP contribution in [0.4, 0.5) is 0 Å². The van der Waals surface area contributed by atoms with Crippen LogP contribution < -0.4 is 0 Å². The summed E-state index contributed by atoms with van der Waals surface area (Å²) in [5, 5.41) is 8.41. The predicted octanol–water partition coefficient (Wildman–Crippen LogP) is -0.104. The summed E-state index contributed by atoms with van der Waals surface area (Å²) in [4.78, 5) is 10.2. The van der Waals surface area contributed by atoms with Crippen molar-refractivity contribution in [2.75, 3.05) is 0 Å². The number of allylic oxidation sites excluding steroid dienone is 1. The average molecular weight is 142 g/mol. The van der Waals surface area contributed by atoms with Crippen molar-refractivity contribution in [3.8, 4) is 0 Å². The molecule has 0 spiro atoms. The molecule has 0 radical (unpaired) electrons. The number of carboxylic acid groups (broad SMARTS) is 1. The molecular formula is C6H10O2Si. The zero-order valence-electron chi connectivity index (χ0n) is 5.42. The lowest BCUT2D eigenvalue weighted by atomic mass is 10.2. The molecule has 9 heavy (non-hydrogen) atoms. The highest BCUT2D eigenvalue weighted by atomic mass is 28.1. The largest absolute Gasteiger partial charge is 0.478 e. The van der Waals surface area contributed by atoms with Crippen molar-refractivity contribution in [2.45, 2.75) is 6.42 Å². The molecule has 50 valence electrons. The van der Waals surface area contributed by atoms with E-state index in [1.165, 1.54) is 0 Å². The lowest BCUT2D eigenvalue weighted by Crippen LogP contribution is -1.98. The Morgan fingerprint density at radius 3 is 2.44 bits per heavy atom. The Morgan fingerprint density at radius 1 is 1.78 bits per heavy atom. The standard InChI is InChI=1S/C6H10O2Si/c1-2-3-5(4-9)6(7)8/h2,4H,1,3H2,9H3,(H,7,8). The summed E-state index contributed by atoms with van der Waals surface area (Å²) in [5.74, 6) is -0.829. The van der Waals surface area contributed by atoms with Gasteiger partial charge in [0.05, 0.1) is 0 Å². The monoisotopic (exact) mass is 142 g/mol. The van der Waals surface area contributed by atoms with Crippen LogP contribution in [0.25, 0.3) is 0 Å². The van der Waals surface area contributed by atoms with Crippen LogP contribution in [0.2, 0.25) is 0 Å². The van der Waals surface area contributed by atoms with Crippen LogP contribution in [0.1, 0.15) is 6.42 Å². The van der Waals surface area contributed by atoms with Gasteiger partial charge in [0.1, 0.15) is 0 Å². The molecule has 0 bridgehead atoms. The van der Waals surface area contributed by atoms with Crippen LogP contribution in [0.3, 0.4) is 0 Å². The lowest BCUT2D eigenvalue weighted by Gasteiger charge is -1.92. The molecule has 0 unspecified atom stereocenters. The van der Waals surface area contributed by atoms with E-state index in [9.17, 15) is 4.79 Å². The fourth-order valence-electron chi connectivity index (χ4n) is 0.484. The Bertz CT molecular complexity index is 149. The van der Waals surface area contributed by atoms with Gasteiger partial charge in [-0.2, -0.15) is 0 Å². The summed E-state index contributed by atoms with van der Waals surface area (Å²) in [5.41, 5.74) is 2.17. The second kappa shape index (κ2) is 4.09. The van der Waals surface area contributed by atoms with Gasteiger partial charge in [0.2, 0.25) is 0 Å². The zero-order chi connectivity index (χ0) is 7.28. The maximum atomic E-state index is 10.2. The molecule has 0 fully saturated rings. The minimum Gasteiger partial charge on any atom is -0.478 e. The topological polar surface area (TPSA) is 37.3 Å². The first-order chi connectivity index (χ1) is 4.22. The Morgan fingerprint density at radius 2 is 2.33 bits per heavy atom. The Hall–Kier alpha value is -0.833. The van der Waals surface area contributed by atoms with Crippen LogP contribution in [0.5, 0.6) is 0 Å². The number of carbonyl (C=O) groups is 1. The minimum absolute atomic E-state index is 0.455. The van der Waals surface area contributed by atoms with Crippen LogP contribution in [0, 0.1) is 0 Å². The van der Waals surface area contributed by atoms with E-state index in [0.29, 0.717) is 12.0 Å². The molecule has 0 amide bonds. The third kappa shape index (κ3) is 2.87. The summed E-state index contributed by atoms with van der Waals surface area (Å²) in [7, 11) is 0.794. The molecule has 0 rings (SSSR count). The van der Waals surface area contributed by atoms with Crippen molar-refractivity contribution >= 4 is 16.2 Å². The van der Waals surface area contributed by atoms with Gasteiger partial charge < -0.3 is 5.11 Å². The summed E-state index contributed by atoms with van der Waals surface area (Å²) in [6, 6.07) is 0. The van der Waals surface area contributed by atoms with Crippen molar-refractivity contribution in [3.05, 3.63) is 23.9 Å². The van der Waals surface area contributed by atoms with Gasteiger partial charge in [0.15, 0.2) is 0 Å². The first-order valence-electron chi connectivity index (χ1n) is 2.71. The number of rotatable bonds is 3. The summed E-state index contributed by atoms with van der Waals surface area (Å²) < 4.78 is 0. The Labute approximate surface area is 57.3 Å². The molecular weight excluding hydrogens is 132 g/mol. The smallest absolute Gasteiger partial charge is 0.331 e. The van der Waals surface area contributed by atoms with E-state index in [4.69, 9.17) is 5.11 Å². The third-order valence-corrected chi connectivity index (χ3v) is 1.68. The maximum absolute atomic E-state index is 10.2. The number of aliphatic carboxylic acids is 1. The molecule has 0 aromatic rings. The highest BCUT2D eigenvalue weighted by Crippen LogP contribution is 1.98. The maximum Gasteiger partial charge on any atom is 0.331 e. The Kier molecular flexibility index (Phi) is 3.71. The molecule has 0 heterocycles.